The predicted octanol–water partition coefficient (Wildman–Crippen LogP) is 3.38. The normalized spacial score (nSPS) is 22.7. The van der Waals surface area contributed by atoms with E-state index in [2.05, 4.69) is 16.9 Å². The molecule has 1 aromatic heterocycles. The first-order valence-electron chi connectivity index (χ1n) is 11.3. The third-order valence-electron chi connectivity index (χ3n) is 6.70. The van der Waals surface area contributed by atoms with Crippen molar-refractivity contribution in [1.82, 2.24) is 14.8 Å². The third kappa shape index (κ3) is 7.14. The number of hydrogen-bond acceptors (Lipinski definition) is 5. The molecule has 7 nitrogen and oxygen atoms in total. The number of piperidine rings is 1. The first-order valence-corrected chi connectivity index (χ1v) is 11.3. The number of likely N-dealkylation sites (N-methyl/N-ethyl adjacent to an activating group) is 1. The van der Waals surface area contributed by atoms with Gasteiger partial charge >= 0.3 is 12.1 Å². The van der Waals surface area contributed by atoms with Gasteiger partial charge in [0.15, 0.2) is 0 Å². The molecule has 33 heavy (non-hydrogen) atoms. The molecule has 1 unspecified atom stereocenters. The summed E-state index contributed by atoms with van der Waals surface area (Å²) in [5.41, 5.74) is 1.84. The maximum atomic E-state index is 12.7. The number of aromatic nitrogens is 1. The number of amides is 1. The fourth-order valence-corrected chi connectivity index (χ4v) is 4.59. The van der Waals surface area contributed by atoms with Crippen LogP contribution in [0.25, 0.3) is 0 Å². The van der Waals surface area contributed by atoms with Crippen LogP contribution >= 0.6 is 0 Å². The summed E-state index contributed by atoms with van der Waals surface area (Å²) in [5.74, 6) is -1.84. The lowest BCUT2D eigenvalue weighted by Crippen LogP contribution is -2.44. The van der Waals surface area contributed by atoms with Crippen molar-refractivity contribution in [3.8, 4) is 0 Å². The van der Waals surface area contributed by atoms with E-state index < -0.39 is 12.1 Å². The zero-order valence-corrected chi connectivity index (χ0v) is 19.1. The average molecular weight is 472 g/mol. The Labute approximate surface area is 191 Å². The van der Waals surface area contributed by atoms with Crippen molar-refractivity contribution < 1.29 is 32.6 Å². The van der Waals surface area contributed by atoms with Gasteiger partial charge in [-0.1, -0.05) is 6.07 Å². The van der Waals surface area contributed by atoms with Gasteiger partial charge in [-0.25, -0.2) is 9.78 Å². The van der Waals surface area contributed by atoms with E-state index >= 15 is 0 Å². The molecular weight excluding hydrogens is 439 g/mol. The maximum Gasteiger partial charge on any atom is 0.490 e. The molecule has 4 rings (SSSR count). The number of aryl methyl sites for hydroxylation is 1. The summed E-state index contributed by atoms with van der Waals surface area (Å²) < 4.78 is 37.7. The Bertz CT molecular complexity index is 836. The molecule has 3 aliphatic rings. The average Bonchev–Trinajstić information content (AvgIpc) is 3.52. The molecule has 1 spiro atoms. The van der Waals surface area contributed by atoms with Gasteiger partial charge in [0.1, 0.15) is 5.69 Å². The lowest BCUT2D eigenvalue weighted by Gasteiger charge is -2.39. The Hall–Kier alpha value is -2.20. The molecule has 2 aliphatic heterocycles. The van der Waals surface area contributed by atoms with Crippen LogP contribution < -0.4 is 0 Å². The summed E-state index contributed by atoms with van der Waals surface area (Å²) in [6, 6.07) is 6.21. The number of pyridine rings is 1. The Morgan fingerprint density at radius 3 is 2.39 bits per heavy atom. The largest absolute Gasteiger partial charge is 0.490 e. The fraction of sp³-hybridized carbons (Fsp3) is 0.696. The molecule has 3 heterocycles. The number of ether oxygens (including phenoxy) is 1. The van der Waals surface area contributed by atoms with Crippen LogP contribution in [0.2, 0.25) is 0 Å². The van der Waals surface area contributed by atoms with Gasteiger partial charge in [0, 0.05) is 38.0 Å². The van der Waals surface area contributed by atoms with Crippen LogP contribution in [-0.2, 0) is 9.53 Å². The minimum absolute atomic E-state index is 0.0826. The second-order valence-corrected chi connectivity index (χ2v) is 9.51. The van der Waals surface area contributed by atoms with Crippen LogP contribution in [0.1, 0.15) is 48.3 Å². The van der Waals surface area contributed by atoms with Crippen LogP contribution in [0.4, 0.5) is 13.2 Å². The molecule has 3 fully saturated rings. The Balaban J connectivity index is 0.000000383. The molecule has 1 saturated carbocycles. The third-order valence-corrected chi connectivity index (χ3v) is 6.70. The van der Waals surface area contributed by atoms with Crippen molar-refractivity contribution in [3.63, 3.8) is 0 Å². The summed E-state index contributed by atoms with van der Waals surface area (Å²) in [6.45, 7) is 6.57. The fourth-order valence-electron chi connectivity index (χ4n) is 4.59. The van der Waals surface area contributed by atoms with Crippen LogP contribution in [0.5, 0.6) is 0 Å². The quantitative estimate of drug-likeness (QED) is 0.709. The zero-order valence-electron chi connectivity index (χ0n) is 19.1. The SMILES string of the molecule is Cc1cccc(C(=O)N2CCC3(CC2)CC(COCC2CC2)N(C)C3)n1.O=C(O)C(F)(F)F. The lowest BCUT2D eigenvalue weighted by molar-refractivity contribution is -0.192. The van der Waals surface area contributed by atoms with E-state index in [1.165, 1.54) is 19.3 Å². The van der Waals surface area contributed by atoms with E-state index in [1.54, 1.807) is 0 Å². The molecule has 0 bridgehead atoms. The molecule has 0 radical (unpaired) electrons. The lowest BCUT2D eigenvalue weighted by atomic mass is 9.76. The minimum Gasteiger partial charge on any atom is -0.475 e. The summed E-state index contributed by atoms with van der Waals surface area (Å²) in [7, 11) is 2.23. The summed E-state index contributed by atoms with van der Waals surface area (Å²) in [6.07, 6.45) is 1.01. The number of carboxylic acids is 1. The van der Waals surface area contributed by atoms with Crippen molar-refractivity contribution in [2.24, 2.45) is 11.3 Å². The predicted molar refractivity (Wildman–Crippen MR) is 115 cm³/mol. The summed E-state index contributed by atoms with van der Waals surface area (Å²) >= 11 is 0. The topological polar surface area (TPSA) is 83.0 Å². The van der Waals surface area contributed by atoms with Gasteiger partial charge in [-0.2, -0.15) is 13.2 Å². The Morgan fingerprint density at radius 2 is 1.85 bits per heavy atom. The number of alkyl halides is 3. The second kappa shape index (κ2) is 10.4. The van der Waals surface area contributed by atoms with Gasteiger partial charge in [0.25, 0.3) is 5.91 Å². The minimum atomic E-state index is -5.08. The smallest absolute Gasteiger partial charge is 0.475 e. The number of rotatable bonds is 5. The number of carboxylic acid groups (broad SMARTS) is 1. The van der Waals surface area contributed by atoms with Crippen LogP contribution in [-0.4, -0.2) is 83.9 Å². The van der Waals surface area contributed by atoms with Gasteiger partial charge in [0.2, 0.25) is 0 Å². The van der Waals surface area contributed by atoms with Gasteiger partial charge < -0.3 is 19.6 Å². The molecule has 2 saturated heterocycles. The molecule has 1 aliphatic carbocycles. The zero-order chi connectivity index (χ0) is 24.2. The van der Waals surface area contributed by atoms with E-state index in [4.69, 9.17) is 14.6 Å². The van der Waals surface area contributed by atoms with E-state index in [9.17, 15) is 18.0 Å². The molecular formula is C23H32F3N3O4. The van der Waals surface area contributed by atoms with Gasteiger partial charge in [-0.3, -0.25) is 4.79 Å². The molecule has 0 aromatic carbocycles. The van der Waals surface area contributed by atoms with Crippen molar-refractivity contribution in [1.29, 1.82) is 0 Å². The Kier molecular flexibility index (Phi) is 8.00. The highest BCUT2D eigenvalue weighted by molar-refractivity contribution is 5.92. The summed E-state index contributed by atoms with van der Waals surface area (Å²) in [4.78, 5) is 30.5. The first kappa shape index (κ1) is 25.4. The standard InChI is InChI=1S/C21H31N3O2.C2HF3O2/c1-16-4-3-5-19(22-16)20(25)24-10-8-21(9-11-24)12-18(23(2)15-21)14-26-13-17-6-7-17;3-2(4,5)1(6)7/h3-5,17-18H,6-15H2,1-2H3;(H,6,7). The van der Waals surface area contributed by atoms with Gasteiger partial charge in [-0.15, -0.1) is 0 Å². The van der Waals surface area contributed by atoms with E-state index in [-0.39, 0.29) is 5.91 Å². The van der Waals surface area contributed by atoms with Crippen molar-refractivity contribution >= 4 is 11.9 Å². The van der Waals surface area contributed by atoms with E-state index in [0.717, 1.165) is 57.3 Å². The maximum absolute atomic E-state index is 12.7. The van der Waals surface area contributed by atoms with Crippen LogP contribution in [0.3, 0.4) is 0 Å². The van der Waals surface area contributed by atoms with Gasteiger partial charge in [-0.05, 0) is 69.5 Å². The molecule has 1 amide bonds. The highest BCUT2D eigenvalue weighted by atomic mass is 19.4. The first-order chi connectivity index (χ1) is 15.5. The molecule has 184 valence electrons. The number of likely N-dealkylation sites (tertiary alicyclic amines) is 2. The summed E-state index contributed by atoms with van der Waals surface area (Å²) in [5, 5.41) is 7.12. The second-order valence-electron chi connectivity index (χ2n) is 9.51. The number of hydrogen-bond donors (Lipinski definition) is 1. The van der Waals surface area contributed by atoms with Crippen molar-refractivity contribution in [2.45, 2.75) is 51.2 Å². The van der Waals surface area contributed by atoms with Crippen molar-refractivity contribution in [2.75, 3.05) is 39.9 Å². The van der Waals surface area contributed by atoms with E-state index in [0.29, 0.717) is 17.2 Å². The Morgan fingerprint density at radius 1 is 1.21 bits per heavy atom. The monoisotopic (exact) mass is 471 g/mol. The van der Waals surface area contributed by atoms with E-state index in [1.807, 2.05) is 30.0 Å². The van der Waals surface area contributed by atoms with Crippen LogP contribution in [0, 0.1) is 18.3 Å². The molecule has 10 heteroatoms. The molecule has 1 atom stereocenters. The number of carbonyl (C=O) groups is 2. The number of aliphatic carboxylic acids is 1. The number of halogens is 3. The highest BCUT2D eigenvalue weighted by Crippen LogP contribution is 2.43. The van der Waals surface area contributed by atoms with Gasteiger partial charge in [0.05, 0.1) is 6.61 Å². The molecule has 1 aromatic rings. The highest BCUT2D eigenvalue weighted by Gasteiger charge is 2.45. The van der Waals surface area contributed by atoms with Crippen molar-refractivity contribution in [3.05, 3.63) is 29.6 Å². The number of nitrogens with zero attached hydrogens (tertiary/aromatic N) is 3. The number of carbonyl (C=O) groups excluding carboxylic acids is 1. The van der Waals surface area contributed by atoms with Crippen LogP contribution in [0.15, 0.2) is 18.2 Å². The molecule has 1 N–H and O–H groups in total.